The van der Waals surface area contributed by atoms with Crippen molar-refractivity contribution < 1.29 is 24.0 Å². The summed E-state index contributed by atoms with van der Waals surface area (Å²) in [6.07, 6.45) is 1.77. The van der Waals surface area contributed by atoms with Gasteiger partial charge in [-0.1, -0.05) is 13.3 Å². The predicted molar refractivity (Wildman–Crippen MR) is 113 cm³/mol. The number of esters is 1. The number of nitro benzene ring substituents is 1. The van der Waals surface area contributed by atoms with Crippen molar-refractivity contribution in [2.45, 2.75) is 26.7 Å². The number of rotatable bonds is 10. The summed E-state index contributed by atoms with van der Waals surface area (Å²) in [5, 5.41) is 16.7. The van der Waals surface area contributed by atoms with Crippen LogP contribution in [0.25, 0.3) is 0 Å². The largest absolute Gasteiger partial charge is 0.490 e. The molecule has 0 saturated heterocycles. The van der Waals surface area contributed by atoms with Gasteiger partial charge in [0.1, 0.15) is 0 Å². The van der Waals surface area contributed by atoms with Crippen LogP contribution in [0.5, 0.6) is 5.75 Å². The summed E-state index contributed by atoms with van der Waals surface area (Å²) in [4.78, 5) is 34.7. The SMILES string of the molecule is CCCCOC(=O)c1ccc(NCC(=O)Nc2cc(OC)c([N+](=O)[O-])cc2C)cc1. The highest BCUT2D eigenvalue weighted by molar-refractivity contribution is 5.95. The van der Waals surface area contributed by atoms with Gasteiger partial charge in [0, 0.05) is 23.5 Å². The number of nitro groups is 1. The van der Waals surface area contributed by atoms with Crippen molar-refractivity contribution in [3.8, 4) is 5.75 Å². The molecule has 0 aliphatic carbocycles. The zero-order chi connectivity index (χ0) is 22.1. The van der Waals surface area contributed by atoms with Crippen LogP contribution in [0.2, 0.25) is 0 Å². The Balaban J connectivity index is 1.93. The molecule has 0 atom stereocenters. The summed E-state index contributed by atoms with van der Waals surface area (Å²) in [7, 11) is 1.33. The highest BCUT2D eigenvalue weighted by Gasteiger charge is 2.18. The van der Waals surface area contributed by atoms with Crippen LogP contribution in [-0.4, -0.2) is 37.1 Å². The number of carbonyl (C=O) groups is 2. The minimum atomic E-state index is -0.539. The number of unbranched alkanes of at least 4 members (excludes halogenated alkanes) is 1. The monoisotopic (exact) mass is 415 g/mol. The number of anilines is 2. The molecule has 30 heavy (non-hydrogen) atoms. The number of hydrogen-bond acceptors (Lipinski definition) is 7. The summed E-state index contributed by atoms with van der Waals surface area (Å²) in [6, 6.07) is 9.39. The third-order valence-corrected chi connectivity index (χ3v) is 4.30. The fourth-order valence-electron chi connectivity index (χ4n) is 2.61. The molecular weight excluding hydrogens is 390 g/mol. The van der Waals surface area contributed by atoms with Crippen LogP contribution >= 0.6 is 0 Å². The van der Waals surface area contributed by atoms with Gasteiger partial charge in [-0.25, -0.2) is 4.79 Å². The minimum Gasteiger partial charge on any atom is -0.490 e. The first-order chi connectivity index (χ1) is 14.3. The maximum Gasteiger partial charge on any atom is 0.338 e. The van der Waals surface area contributed by atoms with Crippen LogP contribution in [0.15, 0.2) is 36.4 Å². The Bertz CT molecular complexity index is 912. The molecule has 0 aromatic heterocycles. The molecule has 2 aromatic rings. The van der Waals surface area contributed by atoms with E-state index >= 15 is 0 Å². The van der Waals surface area contributed by atoms with Crippen LogP contribution in [0, 0.1) is 17.0 Å². The lowest BCUT2D eigenvalue weighted by atomic mass is 10.1. The van der Waals surface area contributed by atoms with Crippen molar-refractivity contribution in [2.75, 3.05) is 30.9 Å². The molecule has 0 heterocycles. The van der Waals surface area contributed by atoms with E-state index in [1.165, 1.54) is 19.2 Å². The van der Waals surface area contributed by atoms with Crippen molar-refractivity contribution in [3.05, 3.63) is 57.6 Å². The summed E-state index contributed by atoms with van der Waals surface area (Å²) < 4.78 is 10.2. The molecule has 0 radical (unpaired) electrons. The van der Waals surface area contributed by atoms with E-state index in [-0.39, 0.29) is 29.9 Å². The summed E-state index contributed by atoms with van der Waals surface area (Å²) in [6.45, 7) is 4.04. The van der Waals surface area contributed by atoms with E-state index in [0.29, 0.717) is 29.1 Å². The quantitative estimate of drug-likeness (QED) is 0.261. The average molecular weight is 415 g/mol. The number of methoxy groups -OCH3 is 1. The maximum atomic E-state index is 12.3. The van der Waals surface area contributed by atoms with Gasteiger partial charge in [0.2, 0.25) is 5.91 Å². The maximum absolute atomic E-state index is 12.3. The van der Waals surface area contributed by atoms with Crippen LogP contribution in [0.4, 0.5) is 17.1 Å². The number of hydrogen-bond donors (Lipinski definition) is 2. The molecule has 0 spiro atoms. The Morgan fingerprint density at radius 3 is 2.47 bits per heavy atom. The van der Waals surface area contributed by atoms with Gasteiger partial charge in [0.05, 0.1) is 30.7 Å². The van der Waals surface area contributed by atoms with Crippen molar-refractivity contribution in [1.29, 1.82) is 0 Å². The molecule has 0 aliphatic rings. The van der Waals surface area contributed by atoms with Crippen molar-refractivity contribution in [3.63, 3.8) is 0 Å². The highest BCUT2D eigenvalue weighted by Crippen LogP contribution is 2.32. The third-order valence-electron chi connectivity index (χ3n) is 4.30. The standard InChI is InChI=1S/C21H25N3O6/c1-4-5-10-30-21(26)15-6-8-16(9-7-15)22-13-20(25)23-17-12-19(29-3)18(24(27)28)11-14(17)2/h6-9,11-12,22H,4-5,10,13H2,1-3H3,(H,23,25). The molecule has 0 fully saturated rings. The summed E-state index contributed by atoms with van der Waals surface area (Å²) >= 11 is 0. The summed E-state index contributed by atoms with van der Waals surface area (Å²) in [5.41, 5.74) is 1.90. The number of nitrogens with zero attached hydrogens (tertiary/aromatic N) is 1. The van der Waals surface area contributed by atoms with Crippen LogP contribution < -0.4 is 15.4 Å². The van der Waals surface area contributed by atoms with E-state index in [9.17, 15) is 19.7 Å². The second kappa shape index (κ2) is 10.8. The zero-order valence-electron chi connectivity index (χ0n) is 17.2. The van der Waals surface area contributed by atoms with E-state index in [4.69, 9.17) is 9.47 Å². The Kier molecular flexibility index (Phi) is 8.16. The number of nitrogens with one attached hydrogen (secondary N) is 2. The lowest BCUT2D eigenvalue weighted by molar-refractivity contribution is -0.385. The molecular formula is C21H25N3O6. The molecule has 9 heteroatoms. The molecule has 2 rings (SSSR count). The molecule has 2 aromatic carbocycles. The van der Waals surface area contributed by atoms with Gasteiger partial charge in [-0.05, 0) is 43.2 Å². The number of carbonyl (C=O) groups excluding carboxylic acids is 2. The normalized spacial score (nSPS) is 10.2. The van der Waals surface area contributed by atoms with Crippen LogP contribution in [-0.2, 0) is 9.53 Å². The van der Waals surface area contributed by atoms with Gasteiger partial charge >= 0.3 is 11.7 Å². The molecule has 0 bridgehead atoms. The van der Waals surface area contributed by atoms with Gasteiger partial charge in [-0.2, -0.15) is 0 Å². The Labute approximate surface area is 174 Å². The van der Waals surface area contributed by atoms with Gasteiger partial charge < -0.3 is 20.1 Å². The fraction of sp³-hybridized carbons (Fsp3) is 0.333. The first-order valence-corrected chi connectivity index (χ1v) is 9.49. The van der Waals surface area contributed by atoms with Crippen LogP contribution in [0.1, 0.15) is 35.7 Å². The topological polar surface area (TPSA) is 120 Å². The van der Waals surface area contributed by atoms with Gasteiger partial charge in [0.15, 0.2) is 5.75 Å². The van der Waals surface area contributed by atoms with E-state index in [2.05, 4.69) is 10.6 Å². The van der Waals surface area contributed by atoms with Crippen molar-refractivity contribution in [1.82, 2.24) is 0 Å². The molecule has 9 nitrogen and oxygen atoms in total. The number of aryl methyl sites for hydroxylation is 1. The lowest BCUT2D eigenvalue weighted by Gasteiger charge is -2.12. The smallest absolute Gasteiger partial charge is 0.338 e. The second-order valence-corrected chi connectivity index (χ2v) is 6.56. The third kappa shape index (κ3) is 6.20. The molecule has 160 valence electrons. The highest BCUT2D eigenvalue weighted by atomic mass is 16.6. The molecule has 0 aliphatic heterocycles. The first-order valence-electron chi connectivity index (χ1n) is 9.49. The second-order valence-electron chi connectivity index (χ2n) is 6.56. The van der Waals surface area contributed by atoms with E-state index in [1.807, 2.05) is 6.92 Å². The van der Waals surface area contributed by atoms with Gasteiger partial charge in [-0.3, -0.25) is 14.9 Å². The fourth-order valence-corrected chi connectivity index (χ4v) is 2.61. The zero-order valence-corrected chi connectivity index (χ0v) is 17.2. The number of benzene rings is 2. The Morgan fingerprint density at radius 1 is 1.17 bits per heavy atom. The van der Waals surface area contributed by atoms with E-state index < -0.39 is 4.92 Å². The first kappa shape index (κ1) is 22.7. The summed E-state index contributed by atoms with van der Waals surface area (Å²) in [5.74, 6) is -0.650. The van der Waals surface area contributed by atoms with E-state index in [1.54, 1.807) is 31.2 Å². The van der Waals surface area contributed by atoms with E-state index in [0.717, 1.165) is 12.8 Å². The molecule has 0 saturated carbocycles. The molecule has 1 amide bonds. The number of ether oxygens (including phenoxy) is 2. The van der Waals surface area contributed by atoms with Crippen LogP contribution in [0.3, 0.4) is 0 Å². The van der Waals surface area contributed by atoms with Crippen molar-refractivity contribution in [2.24, 2.45) is 0 Å². The Hall–Kier alpha value is -3.62. The van der Waals surface area contributed by atoms with Crippen molar-refractivity contribution >= 4 is 28.9 Å². The number of amides is 1. The molecule has 0 unspecified atom stereocenters. The predicted octanol–water partition coefficient (Wildman–Crippen LogP) is 3.92. The van der Waals surface area contributed by atoms with Gasteiger partial charge in [0.25, 0.3) is 0 Å². The molecule has 2 N–H and O–H groups in total. The Morgan fingerprint density at radius 2 is 1.87 bits per heavy atom. The minimum absolute atomic E-state index is 0.0287. The lowest BCUT2D eigenvalue weighted by Crippen LogP contribution is -2.22. The van der Waals surface area contributed by atoms with Gasteiger partial charge in [-0.15, -0.1) is 0 Å². The average Bonchev–Trinajstić information content (AvgIpc) is 2.73.